The highest BCUT2D eigenvalue weighted by Gasteiger charge is 2.35. The third-order valence-corrected chi connectivity index (χ3v) is 4.79. The molecule has 0 atom stereocenters. The molecule has 2 aromatic rings. The maximum absolute atomic E-state index is 12.5. The molecule has 5 nitrogen and oxygen atoms in total. The van der Waals surface area contributed by atoms with Gasteiger partial charge in [0.2, 0.25) is 0 Å². The molecule has 0 saturated carbocycles. The summed E-state index contributed by atoms with van der Waals surface area (Å²) in [6, 6.07) is 13.3. The quantitative estimate of drug-likeness (QED) is 0.806. The number of pyridine rings is 1. The van der Waals surface area contributed by atoms with Crippen molar-refractivity contribution < 1.29 is 14.7 Å². The lowest BCUT2D eigenvalue weighted by atomic mass is 9.82. The normalized spacial score (nSPS) is 11.2. The highest BCUT2D eigenvalue weighted by molar-refractivity contribution is 5.95. The molecule has 0 radical (unpaired) electrons. The van der Waals surface area contributed by atoms with Gasteiger partial charge in [0.15, 0.2) is 0 Å². The van der Waals surface area contributed by atoms with Gasteiger partial charge in [-0.1, -0.05) is 44.2 Å². The predicted molar refractivity (Wildman–Crippen MR) is 97.4 cm³/mol. The molecule has 1 amide bonds. The Morgan fingerprint density at radius 3 is 2.24 bits per heavy atom. The van der Waals surface area contributed by atoms with Crippen LogP contribution in [0.1, 0.15) is 42.7 Å². The summed E-state index contributed by atoms with van der Waals surface area (Å²) in [5, 5.41) is 12.2. The van der Waals surface area contributed by atoms with Crippen molar-refractivity contribution in [3.8, 4) is 11.3 Å². The van der Waals surface area contributed by atoms with E-state index < -0.39 is 11.4 Å². The number of aliphatic carboxylic acids is 1. The highest BCUT2D eigenvalue weighted by atomic mass is 16.4. The maximum Gasteiger partial charge on any atom is 0.311 e. The van der Waals surface area contributed by atoms with Crippen molar-refractivity contribution in [2.45, 2.75) is 33.6 Å². The molecule has 0 unspecified atom stereocenters. The maximum atomic E-state index is 12.5. The molecule has 0 spiro atoms. The molecule has 2 rings (SSSR count). The Morgan fingerprint density at radius 1 is 1.08 bits per heavy atom. The summed E-state index contributed by atoms with van der Waals surface area (Å²) in [6.45, 7) is 5.54. The Bertz CT molecular complexity index is 753. The molecular formula is C20H24N2O3. The molecule has 1 heterocycles. The van der Waals surface area contributed by atoms with Crippen molar-refractivity contribution in [3.63, 3.8) is 0 Å². The van der Waals surface area contributed by atoms with Crippen molar-refractivity contribution in [1.82, 2.24) is 10.3 Å². The second-order valence-electron chi connectivity index (χ2n) is 6.17. The second-order valence-corrected chi connectivity index (χ2v) is 6.17. The van der Waals surface area contributed by atoms with Crippen LogP contribution in [0.4, 0.5) is 0 Å². The second kappa shape index (κ2) is 7.92. The minimum absolute atomic E-state index is 0.105. The number of carbonyl (C=O) groups excluding carboxylic acids is 1. The van der Waals surface area contributed by atoms with E-state index in [-0.39, 0.29) is 12.5 Å². The summed E-state index contributed by atoms with van der Waals surface area (Å²) in [6.07, 6.45) is 0.923. The predicted octanol–water partition coefficient (Wildman–Crippen LogP) is 3.68. The van der Waals surface area contributed by atoms with Gasteiger partial charge < -0.3 is 10.4 Å². The first-order valence-corrected chi connectivity index (χ1v) is 8.48. The first kappa shape index (κ1) is 18.6. The first-order chi connectivity index (χ1) is 11.9. The summed E-state index contributed by atoms with van der Waals surface area (Å²) in [4.78, 5) is 28.5. The van der Waals surface area contributed by atoms with E-state index in [1.807, 2.05) is 44.2 Å². The number of aryl methyl sites for hydroxylation is 1. The standard InChI is InChI=1S/C20H24N2O3/c1-4-20(5-2,19(24)25)13-21-18(23)16-11-12-17(22-14(16)3)15-9-7-6-8-10-15/h6-12H,4-5,13H2,1-3H3,(H,21,23)(H,24,25). The lowest BCUT2D eigenvalue weighted by Crippen LogP contribution is -2.42. The van der Waals surface area contributed by atoms with Crippen LogP contribution in [0.15, 0.2) is 42.5 Å². The number of nitrogens with zero attached hydrogens (tertiary/aromatic N) is 1. The average molecular weight is 340 g/mol. The van der Waals surface area contributed by atoms with Gasteiger partial charge in [-0.25, -0.2) is 0 Å². The van der Waals surface area contributed by atoms with Crippen LogP contribution >= 0.6 is 0 Å². The van der Waals surface area contributed by atoms with Crippen LogP contribution in [0.3, 0.4) is 0 Å². The first-order valence-electron chi connectivity index (χ1n) is 8.48. The molecule has 5 heteroatoms. The van der Waals surface area contributed by atoms with Crippen LogP contribution in [0.25, 0.3) is 11.3 Å². The Kier molecular flexibility index (Phi) is 5.91. The van der Waals surface area contributed by atoms with Gasteiger partial charge in [0.1, 0.15) is 0 Å². The summed E-state index contributed by atoms with van der Waals surface area (Å²) in [5.41, 5.74) is 1.94. The van der Waals surface area contributed by atoms with E-state index in [4.69, 9.17) is 0 Å². The number of benzene rings is 1. The molecule has 2 N–H and O–H groups in total. The van der Waals surface area contributed by atoms with Crippen LogP contribution in [0, 0.1) is 12.3 Å². The zero-order valence-electron chi connectivity index (χ0n) is 14.9. The van der Waals surface area contributed by atoms with Gasteiger partial charge in [-0.2, -0.15) is 0 Å². The Balaban J connectivity index is 2.16. The van der Waals surface area contributed by atoms with Crippen LogP contribution in [-0.2, 0) is 4.79 Å². The number of carbonyl (C=O) groups is 2. The number of hydrogen-bond acceptors (Lipinski definition) is 3. The van der Waals surface area contributed by atoms with Crippen molar-refractivity contribution in [1.29, 1.82) is 0 Å². The van der Waals surface area contributed by atoms with Gasteiger partial charge in [0.05, 0.1) is 22.4 Å². The van der Waals surface area contributed by atoms with Gasteiger partial charge in [0.25, 0.3) is 5.91 Å². The van der Waals surface area contributed by atoms with Crippen LogP contribution < -0.4 is 5.32 Å². The van der Waals surface area contributed by atoms with Crippen LogP contribution in [-0.4, -0.2) is 28.5 Å². The number of hydrogen-bond donors (Lipinski definition) is 2. The molecule has 0 aliphatic rings. The van der Waals surface area contributed by atoms with Gasteiger partial charge in [0, 0.05) is 12.1 Å². The fourth-order valence-corrected chi connectivity index (χ4v) is 2.79. The van der Waals surface area contributed by atoms with Gasteiger partial charge in [-0.3, -0.25) is 14.6 Å². The van der Waals surface area contributed by atoms with E-state index >= 15 is 0 Å². The SMILES string of the molecule is CCC(CC)(CNC(=O)c1ccc(-c2ccccc2)nc1C)C(=O)O. The van der Waals surface area contributed by atoms with E-state index in [1.165, 1.54) is 0 Å². The molecule has 132 valence electrons. The number of carboxylic acids is 1. The molecule has 1 aromatic carbocycles. The molecule has 0 fully saturated rings. The minimum Gasteiger partial charge on any atom is -0.481 e. The van der Waals surface area contributed by atoms with E-state index in [0.29, 0.717) is 24.1 Å². The number of amides is 1. The zero-order chi connectivity index (χ0) is 18.4. The lowest BCUT2D eigenvalue weighted by Gasteiger charge is -2.26. The minimum atomic E-state index is -0.930. The fraction of sp³-hybridized carbons (Fsp3) is 0.350. The Hall–Kier alpha value is -2.69. The molecule has 0 saturated heterocycles. The van der Waals surface area contributed by atoms with Gasteiger partial charge in [-0.05, 0) is 31.9 Å². The van der Waals surface area contributed by atoms with Crippen LogP contribution in [0.2, 0.25) is 0 Å². The highest BCUT2D eigenvalue weighted by Crippen LogP contribution is 2.26. The molecule has 0 bridgehead atoms. The Labute approximate surface area is 148 Å². The smallest absolute Gasteiger partial charge is 0.311 e. The average Bonchev–Trinajstić information content (AvgIpc) is 2.63. The monoisotopic (exact) mass is 340 g/mol. The summed E-state index contributed by atoms with van der Waals surface area (Å²) >= 11 is 0. The molecule has 25 heavy (non-hydrogen) atoms. The lowest BCUT2D eigenvalue weighted by molar-refractivity contribution is -0.149. The fourth-order valence-electron chi connectivity index (χ4n) is 2.79. The van der Waals surface area contributed by atoms with Crippen molar-refractivity contribution in [2.24, 2.45) is 5.41 Å². The molecular weight excluding hydrogens is 316 g/mol. The van der Waals surface area contributed by atoms with Crippen molar-refractivity contribution in [3.05, 3.63) is 53.7 Å². The number of aromatic nitrogens is 1. The van der Waals surface area contributed by atoms with E-state index in [9.17, 15) is 14.7 Å². The number of carboxylic acid groups (broad SMARTS) is 1. The number of nitrogens with one attached hydrogen (secondary N) is 1. The van der Waals surface area contributed by atoms with E-state index in [0.717, 1.165) is 11.3 Å². The third-order valence-electron chi connectivity index (χ3n) is 4.79. The molecule has 1 aromatic heterocycles. The van der Waals surface area contributed by atoms with Crippen molar-refractivity contribution in [2.75, 3.05) is 6.54 Å². The third kappa shape index (κ3) is 4.05. The summed E-state index contributed by atoms with van der Waals surface area (Å²) in [7, 11) is 0. The van der Waals surface area contributed by atoms with Gasteiger partial charge >= 0.3 is 5.97 Å². The summed E-state index contributed by atoms with van der Waals surface area (Å²) < 4.78 is 0. The van der Waals surface area contributed by atoms with E-state index in [2.05, 4.69) is 10.3 Å². The topological polar surface area (TPSA) is 79.3 Å². The summed E-state index contributed by atoms with van der Waals surface area (Å²) in [5.74, 6) is -1.18. The van der Waals surface area contributed by atoms with Crippen molar-refractivity contribution >= 4 is 11.9 Å². The van der Waals surface area contributed by atoms with Gasteiger partial charge in [-0.15, -0.1) is 0 Å². The Morgan fingerprint density at radius 2 is 1.72 bits per heavy atom. The molecule has 0 aliphatic heterocycles. The van der Waals surface area contributed by atoms with Crippen LogP contribution in [0.5, 0.6) is 0 Å². The molecule has 0 aliphatic carbocycles. The zero-order valence-corrected chi connectivity index (χ0v) is 14.9. The number of rotatable bonds is 7. The largest absolute Gasteiger partial charge is 0.481 e. The van der Waals surface area contributed by atoms with E-state index in [1.54, 1.807) is 19.1 Å².